The molecule has 0 bridgehead atoms. The van der Waals surface area contributed by atoms with Gasteiger partial charge in [0, 0.05) is 16.7 Å². The molecule has 2 aromatic rings. The average Bonchev–Trinajstić information content (AvgIpc) is 3.39. The molecule has 28 heavy (non-hydrogen) atoms. The van der Waals surface area contributed by atoms with Crippen LogP contribution in [-0.4, -0.2) is 39.2 Å². The van der Waals surface area contributed by atoms with E-state index in [0.29, 0.717) is 11.7 Å². The van der Waals surface area contributed by atoms with E-state index in [-0.39, 0.29) is 18.3 Å². The van der Waals surface area contributed by atoms with Crippen molar-refractivity contribution >= 4 is 35.8 Å². The summed E-state index contributed by atoms with van der Waals surface area (Å²) in [6.45, 7) is 1.97. The molecule has 152 valence electrons. The minimum Gasteiger partial charge on any atom is -0.321 e. The molecule has 0 unspecified atom stereocenters. The van der Waals surface area contributed by atoms with Crippen LogP contribution in [0.2, 0.25) is 0 Å². The number of nitrogens with one attached hydrogen (secondary N) is 2. The van der Waals surface area contributed by atoms with Crippen LogP contribution in [0.3, 0.4) is 0 Å². The Kier molecular flexibility index (Phi) is 7.76. The van der Waals surface area contributed by atoms with Crippen molar-refractivity contribution in [3.8, 4) is 0 Å². The van der Waals surface area contributed by atoms with Crippen molar-refractivity contribution in [2.24, 2.45) is 0 Å². The number of piperidine rings is 1. The summed E-state index contributed by atoms with van der Waals surface area (Å²) in [5, 5.41) is 15.3. The van der Waals surface area contributed by atoms with Gasteiger partial charge in [-0.15, -0.1) is 17.5 Å². The number of carbonyl (C=O) groups is 1. The van der Waals surface area contributed by atoms with Crippen LogP contribution in [0.4, 0.5) is 5.69 Å². The molecule has 2 fully saturated rings. The van der Waals surface area contributed by atoms with E-state index < -0.39 is 0 Å². The van der Waals surface area contributed by atoms with Crippen LogP contribution in [0.5, 0.6) is 0 Å². The van der Waals surface area contributed by atoms with Gasteiger partial charge in [0.2, 0.25) is 0 Å². The van der Waals surface area contributed by atoms with Crippen LogP contribution in [0, 0.1) is 0 Å². The van der Waals surface area contributed by atoms with E-state index in [1.807, 2.05) is 28.6 Å². The third kappa shape index (κ3) is 5.49. The molecular weight excluding hydrogens is 394 g/mol. The Morgan fingerprint density at radius 1 is 1.21 bits per heavy atom. The zero-order chi connectivity index (χ0) is 18.5. The summed E-state index contributed by atoms with van der Waals surface area (Å²) in [7, 11) is 0. The van der Waals surface area contributed by atoms with Crippen molar-refractivity contribution in [1.29, 1.82) is 0 Å². The van der Waals surface area contributed by atoms with E-state index in [2.05, 4.69) is 33.1 Å². The molecule has 1 aromatic heterocycles. The second kappa shape index (κ2) is 10.3. The maximum atomic E-state index is 12.5. The van der Waals surface area contributed by atoms with Crippen LogP contribution < -0.4 is 10.6 Å². The fraction of sp³-hybridized carbons (Fsp3) is 0.550. The third-order valence-corrected chi connectivity index (χ3v) is 6.84. The van der Waals surface area contributed by atoms with Gasteiger partial charge in [-0.25, -0.2) is 4.68 Å². The van der Waals surface area contributed by atoms with E-state index in [1.165, 1.54) is 31.2 Å². The number of nitrogens with zero attached hydrogens (tertiary/aromatic N) is 3. The smallest absolute Gasteiger partial charge is 0.277 e. The normalized spacial score (nSPS) is 18.0. The molecule has 6 nitrogen and oxygen atoms in total. The number of amides is 1. The first kappa shape index (κ1) is 21.1. The van der Waals surface area contributed by atoms with Crippen LogP contribution >= 0.6 is 24.2 Å². The Morgan fingerprint density at radius 2 is 2.00 bits per heavy atom. The maximum absolute atomic E-state index is 12.5. The van der Waals surface area contributed by atoms with Gasteiger partial charge in [-0.2, -0.15) is 11.8 Å². The first-order chi connectivity index (χ1) is 13.3. The van der Waals surface area contributed by atoms with Gasteiger partial charge in [-0.05, 0) is 56.5 Å². The number of halogens is 1. The number of hydrogen-bond donors (Lipinski definition) is 2. The molecule has 1 saturated carbocycles. The summed E-state index contributed by atoms with van der Waals surface area (Å²) >= 11 is 2.04. The molecule has 2 heterocycles. The lowest BCUT2D eigenvalue weighted by Crippen LogP contribution is -2.29. The maximum Gasteiger partial charge on any atom is 0.277 e. The molecule has 4 rings (SSSR count). The molecular formula is C20H28ClN5OS. The number of rotatable bonds is 6. The molecule has 2 N–H and O–H groups in total. The van der Waals surface area contributed by atoms with Gasteiger partial charge in [-0.3, -0.25) is 4.79 Å². The standard InChI is InChI=1S/C20H27N5OS.ClH/c26-20(19-13-25(24-23-19)17-8-10-21-11-9-17)22-16-5-3-4-15(12-16)14-27-18-6-1-2-7-18;/h3-5,12-13,17-18,21H,1-2,6-11,14H2,(H,22,26);1H. The van der Waals surface area contributed by atoms with Crippen molar-refractivity contribution in [2.45, 2.75) is 55.6 Å². The minimum absolute atomic E-state index is 0. The Hall–Kier alpha value is -1.57. The molecule has 8 heteroatoms. The SMILES string of the molecule is Cl.O=C(Nc1cccc(CSC2CCCC2)c1)c1cn(C2CCNCC2)nn1. The lowest BCUT2D eigenvalue weighted by Gasteiger charge is -2.22. The minimum atomic E-state index is -0.198. The highest BCUT2D eigenvalue weighted by atomic mass is 35.5. The summed E-state index contributed by atoms with van der Waals surface area (Å²) in [4.78, 5) is 12.5. The average molecular weight is 422 g/mol. The largest absolute Gasteiger partial charge is 0.321 e. The first-order valence-corrected chi connectivity index (χ1v) is 11.0. The number of carbonyl (C=O) groups excluding carboxylic acids is 1. The fourth-order valence-electron chi connectivity index (χ4n) is 3.83. The third-order valence-electron chi connectivity index (χ3n) is 5.40. The molecule has 1 aromatic carbocycles. The Balaban J connectivity index is 0.00000225. The van der Waals surface area contributed by atoms with Gasteiger partial charge in [0.15, 0.2) is 5.69 Å². The first-order valence-electron chi connectivity index (χ1n) is 9.92. The second-order valence-corrected chi connectivity index (χ2v) is 8.73. The molecule has 1 amide bonds. The fourth-order valence-corrected chi connectivity index (χ4v) is 5.11. The molecule has 0 spiro atoms. The van der Waals surface area contributed by atoms with Crippen LogP contribution in [0.15, 0.2) is 30.5 Å². The van der Waals surface area contributed by atoms with Crippen LogP contribution in [0.25, 0.3) is 0 Å². The Labute approximate surface area is 176 Å². The molecule has 1 aliphatic carbocycles. The van der Waals surface area contributed by atoms with E-state index >= 15 is 0 Å². The van der Waals surface area contributed by atoms with Gasteiger partial charge >= 0.3 is 0 Å². The van der Waals surface area contributed by atoms with Crippen molar-refractivity contribution in [2.75, 3.05) is 18.4 Å². The lowest BCUT2D eigenvalue weighted by atomic mass is 10.1. The van der Waals surface area contributed by atoms with Crippen molar-refractivity contribution < 1.29 is 4.79 Å². The van der Waals surface area contributed by atoms with E-state index in [0.717, 1.165) is 42.6 Å². The monoisotopic (exact) mass is 421 g/mol. The zero-order valence-corrected chi connectivity index (χ0v) is 17.6. The van der Waals surface area contributed by atoms with Gasteiger partial charge in [0.05, 0.1) is 12.2 Å². The zero-order valence-electron chi connectivity index (χ0n) is 16.0. The van der Waals surface area contributed by atoms with Gasteiger partial charge in [0.1, 0.15) is 0 Å². The Morgan fingerprint density at radius 3 is 2.79 bits per heavy atom. The molecule has 2 aliphatic rings. The number of benzene rings is 1. The van der Waals surface area contributed by atoms with Crippen molar-refractivity contribution in [1.82, 2.24) is 20.3 Å². The molecule has 1 saturated heterocycles. The van der Waals surface area contributed by atoms with Gasteiger partial charge in [0.25, 0.3) is 5.91 Å². The number of aromatic nitrogens is 3. The lowest BCUT2D eigenvalue weighted by molar-refractivity contribution is 0.102. The van der Waals surface area contributed by atoms with Gasteiger partial charge in [-0.1, -0.05) is 30.2 Å². The van der Waals surface area contributed by atoms with E-state index in [9.17, 15) is 4.79 Å². The molecule has 0 radical (unpaired) electrons. The van der Waals surface area contributed by atoms with Crippen molar-refractivity contribution in [3.63, 3.8) is 0 Å². The number of thioether (sulfide) groups is 1. The highest BCUT2D eigenvalue weighted by Gasteiger charge is 2.19. The highest BCUT2D eigenvalue weighted by Crippen LogP contribution is 2.32. The van der Waals surface area contributed by atoms with E-state index in [4.69, 9.17) is 0 Å². The summed E-state index contributed by atoms with van der Waals surface area (Å²) < 4.78 is 1.84. The summed E-state index contributed by atoms with van der Waals surface area (Å²) in [5.41, 5.74) is 2.45. The summed E-state index contributed by atoms with van der Waals surface area (Å²) in [6, 6.07) is 8.46. The Bertz CT molecular complexity index is 771. The predicted molar refractivity (Wildman–Crippen MR) is 116 cm³/mol. The summed E-state index contributed by atoms with van der Waals surface area (Å²) in [5.74, 6) is 0.802. The quantitative estimate of drug-likeness (QED) is 0.736. The number of anilines is 1. The summed E-state index contributed by atoms with van der Waals surface area (Å²) in [6.07, 6.45) is 9.22. The van der Waals surface area contributed by atoms with Crippen LogP contribution in [-0.2, 0) is 5.75 Å². The topological polar surface area (TPSA) is 71.8 Å². The molecule has 1 aliphatic heterocycles. The highest BCUT2D eigenvalue weighted by molar-refractivity contribution is 7.99. The van der Waals surface area contributed by atoms with Gasteiger partial charge < -0.3 is 10.6 Å². The molecule has 0 atom stereocenters. The van der Waals surface area contributed by atoms with E-state index in [1.54, 1.807) is 6.20 Å². The van der Waals surface area contributed by atoms with Crippen molar-refractivity contribution in [3.05, 3.63) is 41.7 Å². The van der Waals surface area contributed by atoms with Crippen LogP contribution in [0.1, 0.15) is 60.6 Å². The number of hydrogen-bond acceptors (Lipinski definition) is 5. The second-order valence-electron chi connectivity index (χ2n) is 7.44. The predicted octanol–water partition coefficient (Wildman–Crippen LogP) is 4.05.